The van der Waals surface area contributed by atoms with Gasteiger partial charge < -0.3 is 0 Å². The van der Waals surface area contributed by atoms with E-state index >= 15 is 0 Å². The molecule has 0 aliphatic rings. The number of unbranched alkanes of at least 4 members (excludes halogenated alkanes) is 1. The van der Waals surface area contributed by atoms with E-state index in [2.05, 4.69) is 18.7 Å². The van der Waals surface area contributed by atoms with Gasteiger partial charge in [-0.15, -0.1) is 0 Å². The topological polar surface area (TPSA) is 20.3 Å². The van der Waals surface area contributed by atoms with Gasteiger partial charge in [0, 0.05) is 0 Å². The molecule has 0 aliphatic carbocycles. The van der Waals surface area contributed by atoms with Crippen molar-refractivity contribution in [2.75, 3.05) is 13.1 Å². The zero-order valence-electron chi connectivity index (χ0n) is 10.5. The first kappa shape index (κ1) is 14.2. The Hall–Kier alpha value is -0.860. The van der Waals surface area contributed by atoms with Gasteiger partial charge in [-0.05, 0) is 36.7 Å². The van der Waals surface area contributed by atoms with Gasteiger partial charge in [0.25, 0.3) is 0 Å². The molecule has 0 heterocycles. The maximum atomic E-state index is 11.6. The van der Waals surface area contributed by atoms with Crippen LogP contribution in [0.15, 0.2) is 30.3 Å². The van der Waals surface area contributed by atoms with E-state index in [1.165, 1.54) is 0 Å². The van der Waals surface area contributed by atoms with Crippen molar-refractivity contribution >= 4 is 16.8 Å². The molecule has 0 radical (unpaired) electrons. The molecule has 0 aliphatic heterocycles. The predicted octanol–water partition coefficient (Wildman–Crippen LogP) is 3.62. The van der Waals surface area contributed by atoms with Crippen molar-refractivity contribution in [3.63, 3.8) is 0 Å². The molecule has 0 bridgehead atoms. The monoisotopic (exact) mass is 253 g/mol. The summed E-state index contributed by atoms with van der Waals surface area (Å²) in [5.41, 5.74) is 0.977. The van der Waals surface area contributed by atoms with Crippen molar-refractivity contribution in [2.45, 2.75) is 32.7 Å². The van der Waals surface area contributed by atoms with Crippen LogP contribution in [-0.4, -0.2) is 23.2 Å². The quantitative estimate of drug-likeness (QED) is 0.692. The zero-order valence-corrected chi connectivity index (χ0v) is 11.3. The molecule has 0 aromatic heterocycles. The largest absolute Gasteiger partial charge is 0.289 e. The summed E-state index contributed by atoms with van der Waals surface area (Å²) in [6, 6.07) is 9.43. The summed E-state index contributed by atoms with van der Waals surface area (Å²) in [6.45, 7) is 5.95. The van der Waals surface area contributed by atoms with Crippen LogP contribution in [0.25, 0.3) is 0 Å². The molecular weight excluding hydrogens is 234 g/mol. The Morgan fingerprint density at radius 1 is 1.29 bits per heavy atom. The van der Waals surface area contributed by atoms with Crippen LogP contribution in [0, 0.1) is 0 Å². The summed E-state index contributed by atoms with van der Waals surface area (Å²) in [7, 11) is 0. The Morgan fingerprint density at radius 2 is 1.94 bits per heavy atom. The Kier molecular flexibility index (Phi) is 6.23. The van der Waals surface area contributed by atoms with E-state index in [1.807, 2.05) is 30.3 Å². The summed E-state index contributed by atoms with van der Waals surface area (Å²) in [5.74, 6) is 0. The Balaban J connectivity index is 2.87. The molecule has 1 rings (SSSR count). The van der Waals surface area contributed by atoms with Crippen LogP contribution < -0.4 is 0 Å². The van der Waals surface area contributed by atoms with Gasteiger partial charge in [-0.2, -0.15) is 0 Å². The molecule has 0 saturated carbocycles. The minimum absolute atomic E-state index is 0.297. The summed E-state index contributed by atoms with van der Waals surface area (Å²) >= 11 is 5.75. The van der Waals surface area contributed by atoms with E-state index in [4.69, 9.17) is 11.6 Å². The Labute approximate surface area is 109 Å². The second kappa shape index (κ2) is 7.46. The maximum Gasteiger partial charge on any atom is 0.243 e. The second-order valence-electron chi connectivity index (χ2n) is 4.10. The van der Waals surface area contributed by atoms with Crippen LogP contribution in [0.2, 0.25) is 0 Å². The lowest BCUT2D eigenvalue weighted by molar-refractivity contribution is -0.116. The van der Waals surface area contributed by atoms with Gasteiger partial charge >= 0.3 is 0 Å². The number of benzene rings is 1. The van der Waals surface area contributed by atoms with Gasteiger partial charge in [-0.3, -0.25) is 9.69 Å². The highest BCUT2D eigenvalue weighted by molar-refractivity contribution is 6.64. The summed E-state index contributed by atoms with van der Waals surface area (Å²) in [4.78, 5) is 13.8. The fourth-order valence-corrected chi connectivity index (χ4v) is 2.22. The van der Waals surface area contributed by atoms with Gasteiger partial charge in [-0.25, -0.2) is 0 Å². The van der Waals surface area contributed by atoms with Crippen molar-refractivity contribution < 1.29 is 4.79 Å². The number of hydrogen-bond donors (Lipinski definition) is 0. The molecule has 3 heteroatoms. The SMILES string of the molecule is CCCCN(CC)C(C(=O)Cl)c1ccccc1. The maximum absolute atomic E-state index is 11.6. The predicted molar refractivity (Wildman–Crippen MR) is 72.2 cm³/mol. The smallest absolute Gasteiger partial charge is 0.243 e. The molecule has 2 nitrogen and oxygen atoms in total. The summed E-state index contributed by atoms with van der Waals surface area (Å²) < 4.78 is 0. The first-order chi connectivity index (χ1) is 8.20. The zero-order chi connectivity index (χ0) is 12.7. The average Bonchev–Trinajstić information content (AvgIpc) is 2.35. The number of rotatable bonds is 7. The molecule has 94 valence electrons. The standard InChI is InChI=1S/C14H20ClNO/c1-3-5-11-16(4-2)13(14(15)17)12-9-7-6-8-10-12/h6-10,13H,3-5,11H2,1-2H3. The number of likely N-dealkylation sites (N-methyl/N-ethyl adjacent to an activating group) is 1. The van der Waals surface area contributed by atoms with Gasteiger partial charge in [-0.1, -0.05) is 50.6 Å². The normalized spacial score (nSPS) is 12.7. The molecular formula is C14H20ClNO. The molecule has 0 N–H and O–H groups in total. The van der Waals surface area contributed by atoms with Gasteiger partial charge in [0.05, 0.1) is 0 Å². The van der Waals surface area contributed by atoms with E-state index in [0.29, 0.717) is 0 Å². The Bertz CT molecular complexity index is 339. The summed E-state index contributed by atoms with van der Waals surface area (Å²) in [5, 5.41) is -0.297. The van der Waals surface area contributed by atoms with Crippen molar-refractivity contribution in [3.05, 3.63) is 35.9 Å². The second-order valence-corrected chi connectivity index (χ2v) is 4.47. The lowest BCUT2D eigenvalue weighted by Crippen LogP contribution is -2.33. The molecule has 1 aromatic rings. The van der Waals surface area contributed by atoms with Crippen molar-refractivity contribution in [3.8, 4) is 0 Å². The van der Waals surface area contributed by atoms with E-state index < -0.39 is 0 Å². The van der Waals surface area contributed by atoms with E-state index in [-0.39, 0.29) is 11.3 Å². The molecule has 0 spiro atoms. The molecule has 0 saturated heterocycles. The van der Waals surface area contributed by atoms with Crippen LogP contribution in [0.3, 0.4) is 0 Å². The van der Waals surface area contributed by atoms with Crippen molar-refractivity contribution in [2.24, 2.45) is 0 Å². The van der Waals surface area contributed by atoms with Crippen LogP contribution in [0.4, 0.5) is 0 Å². The number of carbonyl (C=O) groups is 1. The first-order valence-electron chi connectivity index (χ1n) is 6.19. The number of nitrogens with zero attached hydrogens (tertiary/aromatic N) is 1. The van der Waals surface area contributed by atoms with E-state index in [1.54, 1.807) is 0 Å². The average molecular weight is 254 g/mol. The first-order valence-corrected chi connectivity index (χ1v) is 6.56. The highest BCUT2D eigenvalue weighted by atomic mass is 35.5. The van der Waals surface area contributed by atoms with Crippen LogP contribution >= 0.6 is 11.6 Å². The lowest BCUT2D eigenvalue weighted by Gasteiger charge is -2.28. The number of hydrogen-bond acceptors (Lipinski definition) is 2. The highest BCUT2D eigenvalue weighted by Gasteiger charge is 2.24. The van der Waals surface area contributed by atoms with Crippen LogP contribution in [0.1, 0.15) is 38.3 Å². The molecule has 0 fully saturated rings. The molecule has 1 unspecified atom stereocenters. The lowest BCUT2D eigenvalue weighted by atomic mass is 10.1. The Morgan fingerprint density at radius 3 is 2.41 bits per heavy atom. The van der Waals surface area contributed by atoms with Crippen molar-refractivity contribution in [1.29, 1.82) is 0 Å². The third-order valence-electron chi connectivity index (χ3n) is 2.90. The van der Waals surface area contributed by atoms with Gasteiger partial charge in [0.2, 0.25) is 5.24 Å². The molecule has 1 aromatic carbocycles. The molecule has 0 amide bonds. The van der Waals surface area contributed by atoms with Crippen LogP contribution in [-0.2, 0) is 4.79 Å². The van der Waals surface area contributed by atoms with E-state index in [0.717, 1.165) is 31.5 Å². The van der Waals surface area contributed by atoms with Crippen LogP contribution in [0.5, 0.6) is 0 Å². The minimum atomic E-state index is -0.311. The minimum Gasteiger partial charge on any atom is -0.289 e. The fraction of sp³-hybridized carbons (Fsp3) is 0.500. The highest BCUT2D eigenvalue weighted by Crippen LogP contribution is 2.23. The number of halogens is 1. The summed E-state index contributed by atoms with van der Waals surface area (Å²) in [6.07, 6.45) is 2.20. The molecule has 17 heavy (non-hydrogen) atoms. The van der Waals surface area contributed by atoms with E-state index in [9.17, 15) is 4.79 Å². The molecule has 1 atom stereocenters. The number of carbonyl (C=O) groups excluding carboxylic acids is 1. The fourth-order valence-electron chi connectivity index (χ4n) is 1.95. The third kappa shape index (κ3) is 4.14. The van der Waals surface area contributed by atoms with Crippen molar-refractivity contribution in [1.82, 2.24) is 4.90 Å². The third-order valence-corrected chi connectivity index (χ3v) is 3.11. The van der Waals surface area contributed by atoms with Gasteiger partial charge in [0.15, 0.2) is 0 Å². The van der Waals surface area contributed by atoms with Gasteiger partial charge in [0.1, 0.15) is 6.04 Å².